The summed E-state index contributed by atoms with van der Waals surface area (Å²) < 4.78 is 26.0. The Morgan fingerprint density at radius 1 is 1.00 bits per heavy atom. The van der Waals surface area contributed by atoms with Gasteiger partial charge in [-0.1, -0.05) is 18.2 Å². The molecule has 1 N–H and O–H groups in total. The van der Waals surface area contributed by atoms with Crippen molar-refractivity contribution in [2.75, 3.05) is 7.11 Å². The molecule has 0 bridgehead atoms. The molecule has 3 aromatic rings. The lowest BCUT2D eigenvalue weighted by molar-refractivity contribution is 0.284. The zero-order valence-electron chi connectivity index (χ0n) is 14.9. The third-order valence-corrected chi connectivity index (χ3v) is 3.95. The highest BCUT2D eigenvalue weighted by Crippen LogP contribution is 2.29. The molecular formula is C20H22FN3O2. The summed E-state index contributed by atoms with van der Waals surface area (Å²) in [7, 11) is 3.52. The summed E-state index contributed by atoms with van der Waals surface area (Å²) in [6.07, 6.45) is 3.83. The molecule has 26 heavy (non-hydrogen) atoms. The predicted octanol–water partition coefficient (Wildman–Crippen LogP) is 3.44. The fraction of sp³-hybridized carbons (Fsp3) is 0.250. The van der Waals surface area contributed by atoms with Crippen molar-refractivity contribution in [3.63, 3.8) is 0 Å². The van der Waals surface area contributed by atoms with Gasteiger partial charge in [-0.15, -0.1) is 0 Å². The number of methoxy groups -OCH3 is 1. The number of halogens is 1. The van der Waals surface area contributed by atoms with E-state index < -0.39 is 0 Å². The molecule has 1 aromatic heterocycles. The number of aryl methyl sites for hydroxylation is 1. The number of ether oxygens (including phenoxy) is 2. The average Bonchev–Trinajstić information content (AvgIpc) is 3.07. The highest BCUT2D eigenvalue weighted by molar-refractivity contribution is 5.43. The number of benzene rings is 2. The largest absolute Gasteiger partial charge is 0.493 e. The Kier molecular flexibility index (Phi) is 5.86. The lowest BCUT2D eigenvalue weighted by Crippen LogP contribution is -2.12. The molecular weight excluding hydrogens is 333 g/mol. The summed E-state index contributed by atoms with van der Waals surface area (Å²) >= 11 is 0. The Morgan fingerprint density at radius 2 is 1.73 bits per heavy atom. The molecule has 1 heterocycles. The lowest BCUT2D eigenvalue weighted by atomic mass is 10.2. The van der Waals surface area contributed by atoms with Gasteiger partial charge >= 0.3 is 0 Å². The second kappa shape index (κ2) is 8.49. The van der Waals surface area contributed by atoms with Crippen LogP contribution in [0.4, 0.5) is 4.39 Å². The Hall–Kier alpha value is -2.86. The van der Waals surface area contributed by atoms with Gasteiger partial charge in [-0.05, 0) is 35.4 Å². The fourth-order valence-electron chi connectivity index (χ4n) is 2.60. The summed E-state index contributed by atoms with van der Waals surface area (Å²) in [4.78, 5) is 0. The normalized spacial score (nSPS) is 10.7. The zero-order valence-corrected chi connectivity index (χ0v) is 14.9. The van der Waals surface area contributed by atoms with E-state index in [0.717, 1.165) is 23.2 Å². The first-order chi connectivity index (χ1) is 12.6. The van der Waals surface area contributed by atoms with Gasteiger partial charge in [-0.25, -0.2) is 4.39 Å². The highest BCUT2D eigenvalue weighted by Gasteiger charge is 2.07. The van der Waals surface area contributed by atoms with Gasteiger partial charge in [-0.3, -0.25) is 4.68 Å². The maximum Gasteiger partial charge on any atom is 0.161 e. The van der Waals surface area contributed by atoms with Crippen molar-refractivity contribution in [3.05, 3.63) is 77.4 Å². The molecule has 0 atom stereocenters. The number of hydrogen-bond acceptors (Lipinski definition) is 4. The first-order valence-corrected chi connectivity index (χ1v) is 8.36. The van der Waals surface area contributed by atoms with Gasteiger partial charge in [0.1, 0.15) is 12.4 Å². The van der Waals surface area contributed by atoms with Gasteiger partial charge in [0, 0.05) is 31.9 Å². The molecule has 5 nitrogen and oxygen atoms in total. The van der Waals surface area contributed by atoms with E-state index in [4.69, 9.17) is 9.47 Å². The van der Waals surface area contributed by atoms with Crippen LogP contribution >= 0.6 is 0 Å². The molecule has 6 heteroatoms. The second-order valence-corrected chi connectivity index (χ2v) is 6.03. The lowest BCUT2D eigenvalue weighted by Gasteiger charge is -2.13. The summed E-state index contributed by atoms with van der Waals surface area (Å²) in [5.41, 5.74) is 3.13. The molecule has 0 radical (unpaired) electrons. The molecule has 136 valence electrons. The Labute approximate surface area is 152 Å². The van der Waals surface area contributed by atoms with Crippen LogP contribution < -0.4 is 14.8 Å². The van der Waals surface area contributed by atoms with E-state index in [1.807, 2.05) is 37.6 Å². The third kappa shape index (κ3) is 4.83. The third-order valence-electron chi connectivity index (χ3n) is 3.95. The highest BCUT2D eigenvalue weighted by atomic mass is 19.1. The van der Waals surface area contributed by atoms with E-state index in [2.05, 4.69) is 10.4 Å². The maximum absolute atomic E-state index is 13.0. The average molecular weight is 355 g/mol. The van der Waals surface area contributed by atoms with Crippen molar-refractivity contribution >= 4 is 0 Å². The van der Waals surface area contributed by atoms with Gasteiger partial charge in [0.15, 0.2) is 11.5 Å². The van der Waals surface area contributed by atoms with Crippen LogP contribution in [-0.4, -0.2) is 16.9 Å². The summed E-state index contributed by atoms with van der Waals surface area (Å²) in [6, 6.07) is 12.1. The summed E-state index contributed by atoms with van der Waals surface area (Å²) in [5, 5.41) is 7.53. The van der Waals surface area contributed by atoms with Crippen LogP contribution in [0.2, 0.25) is 0 Å². The molecule has 0 aliphatic rings. The summed E-state index contributed by atoms with van der Waals surface area (Å²) in [5.74, 6) is 1.08. The molecule has 0 fully saturated rings. The molecule has 0 aliphatic heterocycles. The zero-order chi connectivity index (χ0) is 18.4. The Bertz CT molecular complexity index is 847. The van der Waals surface area contributed by atoms with Crippen molar-refractivity contribution in [1.29, 1.82) is 0 Å². The van der Waals surface area contributed by atoms with Crippen molar-refractivity contribution in [3.8, 4) is 11.5 Å². The summed E-state index contributed by atoms with van der Waals surface area (Å²) in [6.45, 7) is 1.82. The van der Waals surface area contributed by atoms with Crippen LogP contribution in [-0.2, 0) is 26.7 Å². The number of rotatable bonds is 8. The van der Waals surface area contributed by atoms with Crippen LogP contribution in [0.15, 0.2) is 54.9 Å². The van der Waals surface area contributed by atoms with Crippen LogP contribution in [0.5, 0.6) is 11.5 Å². The van der Waals surface area contributed by atoms with Crippen LogP contribution in [0, 0.1) is 5.82 Å². The molecule has 0 amide bonds. The number of nitrogens with one attached hydrogen (secondary N) is 1. The fourth-order valence-corrected chi connectivity index (χ4v) is 2.60. The van der Waals surface area contributed by atoms with E-state index >= 15 is 0 Å². The number of nitrogens with zero attached hydrogens (tertiary/aromatic N) is 2. The van der Waals surface area contributed by atoms with E-state index in [-0.39, 0.29) is 5.82 Å². The Balaban J connectivity index is 1.57. The van der Waals surface area contributed by atoms with E-state index in [9.17, 15) is 4.39 Å². The second-order valence-electron chi connectivity index (χ2n) is 6.03. The van der Waals surface area contributed by atoms with Gasteiger partial charge in [0.2, 0.25) is 0 Å². The molecule has 0 saturated carbocycles. The van der Waals surface area contributed by atoms with E-state index in [1.165, 1.54) is 12.1 Å². The van der Waals surface area contributed by atoms with Gasteiger partial charge in [0.05, 0.1) is 13.3 Å². The molecule has 0 saturated heterocycles. The maximum atomic E-state index is 13.0. The topological polar surface area (TPSA) is 48.3 Å². The van der Waals surface area contributed by atoms with E-state index in [1.54, 1.807) is 23.9 Å². The number of hydrogen-bond donors (Lipinski definition) is 1. The predicted molar refractivity (Wildman–Crippen MR) is 97.5 cm³/mol. The minimum Gasteiger partial charge on any atom is -0.493 e. The van der Waals surface area contributed by atoms with Crippen molar-refractivity contribution in [2.24, 2.45) is 7.05 Å². The van der Waals surface area contributed by atoms with Crippen LogP contribution in [0.25, 0.3) is 0 Å². The molecule has 3 rings (SSSR count). The smallest absolute Gasteiger partial charge is 0.161 e. The van der Waals surface area contributed by atoms with Crippen molar-refractivity contribution in [1.82, 2.24) is 15.1 Å². The standard InChI is InChI=1S/C20H22FN3O2/c1-24-13-17(12-23-24)11-22-10-16-5-8-19(20(9-16)25-2)26-14-15-3-6-18(21)7-4-15/h3-9,12-13,22H,10-11,14H2,1-2H3. The Morgan fingerprint density at radius 3 is 2.42 bits per heavy atom. The van der Waals surface area contributed by atoms with E-state index in [0.29, 0.717) is 24.7 Å². The van der Waals surface area contributed by atoms with Crippen LogP contribution in [0.3, 0.4) is 0 Å². The van der Waals surface area contributed by atoms with Crippen molar-refractivity contribution < 1.29 is 13.9 Å². The molecule has 2 aromatic carbocycles. The van der Waals surface area contributed by atoms with Gasteiger partial charge in [-0.2, -0.15) is 5.10 Å². The molecule has 0 unspecified atom stereocenters. The SMILES string of the molecule is COc1cc(CNCc2cnn(C)c2)ccc1OCc1ccc(F)cc1. The quantitative estimate of drug-likeness (QED) is 0.672. The first-order valence-electron chi connectivity index (χ1n) is 8.36. The monoisotopic (exact) mass is 355 g/mol. The van der Waals surface area contributed by atoms with Crippen molar-refractivity contribution in [2.45, 2.75) is 19.7 Å². The van der Waals surface area contributed by atoms with Gasteiger partial charge < -0.3 is 14.8 Å². The van der Waals surface area contributed by atoms with Crippen LogP contribution in [0.1, 0.15) is 16.7 Å². The molecule has 0 spiro atoms. The van der Waals surface area contributed by atoms with Gasteiger partial charge in [0.25, 0.3) is 0 Å². The first kappa shape index (κ1) is 17.9. The molecule has 0 aliphatic carbocycles. The number of aromatic nitrogens is 2. The minimum absolute atomic E-state index is 0.255. The minimum atomic E-state index is -0.255.